The van der Waals surface area contributed by atoms with Gasteiger partial charge in [0.15, 0.2) is 5.82 Å². The van der Waals surface area contributed by atoms with Crippen molar-refractivity contribution in [2.24, 2.45) is 0 Å². The molecule has 66 heavy (non-hydrogen) atoms. The van der Waals surface area contributed by atoms with E-state index in [1.165, 1.54) is 19.2 Å². The molecule has 1 saturated heterocycles. The van der Waals surface area contributed by atoms with Gasteiger partial charge in [-0.2, -0.15) is 22.6 Å². The van der Waals surface area contributed by atoms with E-state index >= 15 is 0 Å². The number of carbonyl (C=O) groups is 2. The van der Waals surface area contributed by atoms with Crippen molar-refractivity contribution in [2.75, 3.05) is 75.1 Å². The monoisotopic (exact) mass is 927 g/mol. The number of hydrogen-bond acceptors (Lipinski definition) is 8. The number of nitrogens with one attached hydrogen (secondary N) is 1. The zero-order valence-electron chi connectivity index (χ0n) is 36.0. The molecule has 5 aromatic carbocycles. The fourth-order valence-electron chi connectivity index (χ4n) is 8.75. The summed E-state index contributed by atoms with van der Waals surface area (Å²) >= 11 is 0. The molecule has 2 aliphatic rings. The summed E-state index contributed by atoms with van der Waals surface area (Å²) < 4.78 is 108. The van der Waals surface area contributed by atoms with Crippen molar-refractivity contribution in [3.05, 3.63) is 173 Å². The number of fused-ring (bicyclic) bond motifs is 1. The van der Waals surface area contributed by atoms with Gasteiger partial charge in [-0.05, 0) is 54.1 Å². The Hall–Kier alpha value is -6.47. The predicted molar refractivity (Wildman–Crippen MR) is 239 cm³/mol. The van der Waals surface area contributed by atoms with E-state index in [2.05, 4.69) is 10.2 Å². The lowest BCUT2D eigenvalue weighted by atomic mass is 9.76. The summed E-state index contributed by atoms with van der Waals surface area (Å²) in [5.41, 5.74) is 1.54. The number of methoxy groups -OCH3 is 1. The van der Waals surface area contributed by atoms with Crippen molar-refractivity contribution in [1.82, 2.24) is 19.0 Å². The number of anilines is 3. The second-order valence-corrected chi connectivity index (χ2v) is 18.0. The number of aromatic nitrogens is 2. The highest BCUT2D eigenvalue weighted by atomic mass is 32.2. The number of carbonyl (C=O) groups excluding carboxylic acids is 2. The number of halogens is 5. The molecule has 0 atom stereocenters. The van der Waals surface area contributed by atoms with E-state index < -0.39 is 63.2 Å². The molecule has 0 spiro atoms. The molecule has 1 N–H and O–H groups in total. The number of alkyl halides is 3. The van der Waals surface area contributed by atoms with Crippen LogP contribution in [0.5, 0.6) is 0 Å². The van der Waals surface area contributed by atoms with Gasteiger partial charge < -0.3 is 24.8 Å². The molecule has 0 unspecified atom stereocenters. The number of benzene rings is 5. The Balaban J connectivity index is 1.33. The minimum Gasteiger partial charge on any atom is -0.383 e. The highest BCUT2D eigenvalue weighted by Crippen LogP contribution is 2.44. The van der Waals surface area contributed by atoms with Gasteiger partial charge in [-0.1, -0.05) is 91.0 Å². The standard InChI is InChI=1S/C48H46F5N7O5S/c1-56-22-24-57(25-23-56)38-18-19-40(43(31-38)59(26-27-65-2)46(62)48(51,52)53)45(61)54-44-41-32-58(66(63,64)39-29-36(49)28-37(50)30-39)21-20-42(41)60(55-44)47(33-12-6-3-7-13-33,34-14-8-4-9-15-34)35-16-10-5-11-17-35/h3-19,28-31H,20-27,32H2,1-2H3,(H,54,55,61). The average molecular weight is 928 g/mol. The molecule has 0 radical (unpaired) electrons. The van der Waals surface area contributed by atoms with Crippen LogP contribution in [0.3, 0.4) is 0 Å². The van der Waals surface area contributed by atoms with Crippen LogP contribution in [-0.2, 0) is 38.1 Å². The van der Waals surface area contributed by atoms with Crippen molar-refractivity contribution in [3.8, 4) is 0 Å². The fourth-order valence-corrected chi connectivity index (χ4v) is 10.2. The van der Waals surface area contributed by atoms with Crippen molar-refractivity contribution in [1.29, 1.82) is 0 Å². The summed E-state index contributed by atoms with van der Waals surface area (Å²) in [6.45, 7) is 0.962. The van der Waals surface area contributed by atoms with Crippen LogP contribution in [0.25, 0.3) is 0 Å². The van der Waals surface area contributed by atoms with E-state index in [1.54, 1.807) is 10.7 Å². The molecule has 3 heterocycles. The van der Waals surface area contributed by atoms with Gasteiger partial charge in [-0.3, -0.25) is 9.59 Å². The number of rotatable bonds is 13. The number of likely N-dealkylation sites (N-methyl/N-ethyl adjacent to an activating group) is 1. The van der Waals surface area contributed by atoms with Gasteiger partial charge in [0.25, 0.3) is 5.91 Å². The Kier molecular flexibility index (Phi) is 13.1. The topological polar surface area (TPSA) is 120 Å². The summed E-state index contributed by atoms with van der Waals surface area (Å²) in [6.07, 6.45) is -5.32. The SMILES string of the molecule is COCCN(C(=O)C(F)(F)F)c1cc(N2CCN(C)CC2)ccc1C(=O)Nc1nn(C(c2ccccc2)(c2ccccc2)c2ccccc2)c2c1CN(S(=O)(=O)c1cc(F)cc(F)c1)CC2. The third-order valence-corrected chi connectivity index (χ3v) is 13.8. The van der Waals surface area contributed by atoms with Gasteiger partial charge in [0, 0.05) is 82.4 Å². The van der Waals surface area contributed by atoms with Gasteiger partial charge in [0.2, 0.25) is 10.0 Å². The Bertz CT molecular complexity index is 2710. The summed E-state index contributed by atoms with van der Waals surface area (Å²) in [5.74, 6) is -5.48. The minimum atomic E-state index is -5.32. The molecular weight excluding hydrogens is 882 g/mol. The van der Waals surface area contributed by atoms with Crippen LogP contribution in [-0.4, -0.2) is 105 Å². The van der Waals surface area contributed by atoms with Gasteiger partial charge in [0.05, 0.1) is 22.8 Å². The van der Waals surface area contributed by atoms with Crippen LogP contribution in [0.1, 0.15) is 38.3 Å². The normalized spacial score (nSPS) is 15.0. The van der Waals surface area contributed by atoms with Crippen LogP contribution >= 0.6 is 0 Å². The molecule has 344 valence electrons. The Morgan fingerprint density at radius 2 is 1.33 bits per heavy atom. The summed E-state index contributed by atoms with van der Waals surface area (Å²) in [6, 6.07) is 34.6. The number of amides is 2. The molecule has 1 fully saturated rings. The van der Waals surface area contributed by atoms with E-state index in [9.17, 15) is 40.0 Å². The van der Waals surface area contributed by atoms with Gasteiger partial charge in [-0.15, -0.1) is 0 Å². The zero-order valence-corrected chi connectivity index (χ0v) is 36.8. The zero-order chi connectivity index (χ0) is 46.8. The number of nitrogens with zero attached hydrogens (tertiary/aromatic N) is 6. The Labute approximate surface area is 378 Å². The molecular formula is C48H46F5N7O5S. The highest BCUT2D eigenvalue weighted by Gasteiger charge is 2.46. The number of ether oxygens (including phenoxy) is 1. The third kappa shape index (κ3) is 8.92. The maximum Gasteiger partial charge on any atom is 0.471 e. The van der Waals surface area contributed by atoms with E-state index in [0.29, 0.717) is 48.5 Å². The summed E-state index contributed by atoms with van der Waals surface area (Å²) in [5, 5.41) is 7.94. The van der Waals surface area contributed by atoms with Crippen LogP contribution in [0, 0.1) is 11.6 Å². The third-order valence-electron chi connectivity index (χ3n) is 12.0. The van der Waals surface area contributed by atoms with Crippen molar-refractivity contribution < 1.29 is 44.7 Å². The molecule has 8 rings (SSSR count). The first kappa shape index (κ1) is 46.1. The van der Waals surface area contributed by atoms with Gasteiger partial charge in [-0.25, -0.2) is 21.9 Å². The summed E-state index contributed by atoms with van der Waals surface area (Å²) in [4.78, 5) is 32.0. The van der Waals surface area contributed by atoms with Crippen molar-refractivity contribution in [3.63, 3.8) is 0 Å². The van der Waals surface area contributed by atoms with E-state index in [0.717, 1.165) is 33.1 Å². The first-order valence-corrected chi connectivity index (χ1v) is 22.6. The van der Waals surface area contributed by atoms with E-state index in [1.807, 2.05) is 103 Å². The Morgan fingerprint density at radius 1 is 0.773 bits per heavy atom. The fraction of sp³-hybridized carbons (Fsp3) is 0.271. The van der Waals surface area contributed by atoms with Gasteiger partial charge in [0.1, 0.15) is 17.2 Å². The van der Waals surface area contributed by atoms with E-state index in [4.69, 9.17) is 9.84 Å². The molecule has 12 nitrogen and oxygen atoms in total. The van der Waals surface area contributed by atoms with Gasteiger partial charge >= 0.3 is 12.1 Å². The lowest BCUT2D eigenvalue weighted by molar-refractivity contribution is -0.170. The lowest BCUT2D eigenvalue weighted by Crippen LogP contribution is -2.45. The van der Waals surface area contributed by atoms with Crippen LogP contribution in [0.15, 0.2) is 132 Å². The summed E-state index contributed by atoms with van der Waals surface area (Å²) in [7, 11) is -1.34. The maximum atomic E-state index is 14.9. The molecule has 0 bridgehead atoms. The average Bonchev–Trinajstić information content (AvgIpc) is 3.67. The molecule has 18 heteroatoms. The first-order chi connectivity index (χ1) is 31.6. The highest BCUT2D eigenvalue weighted by molar-refractivity contribution is 7.89. The second-order valence-electron chi connectivity index (χ2n) is 16.1. The molecule has 2 aliphatic heterocycles. The Morgan fingerprint density at radius 3 is 1.86 bits per heavy atom. The lowest BCUT2D eigenvalue weighted by Gasteiger charge is -2.38. The van der Waals surface area contributed by atoms with Crippen LogP contribution < -0.4 is 15.1 Å². The largest absolute Gasteiger partial charge is 0.471 e. The van der Waals surface area contributed by atoms with Crippen LogP contribution in [0.2, 0.25) is 0 Å². The minimum absolute atomic E-state index is 0.000662. The first-order valence-electron chi connectivity index (χ1n) is 21.1. The number of sulfonamides is 1. The molecule has 0 aliphatic carbocycles. The number of piperazine rings is 1. The second kappa shape index (κ2) is 18.8. The molecule has 2 amide bonds. The van der Waals surface area contributed by atoms with Crippen molar-refractivity contribution >= 4 is 39.0 Å². The van der Waals surface area contributed by atoms with E-state index in [-0.39, 0.29) is 42.2 Å². The molecule has 6 aromatic rings. The van der Waals surface area contributed by atoms with Crippen LogP contribution in [0.4, 0.5) is 39.1 Å². The number of hydrogen-bond donors (Lipinski definition) is 1. The smallest absolute Gasteiger partial charge is 0.383 e. The predicted octanol–water partition coefficient (Wildman–Crippen LogP) is 7.29. The molecule has 1 aromatic heterocycles. The quantitative estimate of drug-likeness (QED) is 0.0948. The van der Waals surface area contributed by atoms with Crippen molar-refractivity contribution in [2.45, 2.75) is 29.6 Å². The molecule has 0 saturated carbocycles. The maximum absolute atomic E-state index is 14.9.